The lowest BCUT2D eigenvalue weighted by atomic mass is 9.87. The molecule has 0 spiro atoms. The van der Waals surface area contributed by atoms with Crippen LogP contribution in [0.4, 0.5) is 0 Å². The van der Waals surface area contributed by atoms with E-state index in [1.54, 1.807) is 0 Å². The Labute approximate surface area is 207 Å². The van der Waals surface area contributed by atoms with E-state index < -0.39 is 0 Å². The molecular formula is C28H37N3O2S. The Balaban J connectivity index is 1.27. The smallest absolute Gasteiger partial charge is 0.236 e. The molecule has 182 valence electrons. The van der Waals surface area contributed by atoms with Crippen molar-refractivity contribution < 1.29 is 9.59 Å². The number of nitrogens with zero attached hydrogens (tertiary/aromatic N) is 3. The van der Waals surface area contributed by atoms with Gasteiger partial charge in [-0.3, -0.25) is 14.5 Å². The van der Waals surface area contributed by atoms with Crippen molar-refractivity contribution in [2.24, 2.45) is 5.92 Å². The molecule has 2 aliphatic heterocycles. The fourth-order valence-electron chi connectivity index (χ4n) is 6.17. The van der Waals surface area contributed by atoms with Crippen molar-refractivity contribution in [2.45, 2.75) is 64.5 Å². The zero-order chi connectivity index (χ0) is 23.7. The van der Waals surface area contributed by atoms with Crippen molar-refractivity contribution in [2.75, 3.05) is 32.7 Å². The number of amides is 2. The Bertz CT molecular complexity index is 1030. The molecular weight excluding hydrogens is 442 g/mol. The number of fused-ring (bicyclic) bond motifs is 1. The summed E-state index contributed by atoms with van der Waals surface area (Å²) in [6.45, 7) is 7.55. The van der Waals surface area contributed by atoms with Crippen molar-refractivity contribution in [3.63, 3.8) is 0 Å². The highest BCUT2D eigenvalue weighted by molar-refractivity contribution is 7.10. The molecule has 2 atom stereocenters. The number of hydrogen-bond donors (Lipinski definition) is 0. The van der Waals surface area contributed by atoms with Gasteiger partial charge in [0.2, 0.25) is 11.8 Å². The van der Waals surface area contributed by atoms with E-state index >= 15 is 0 Å². The highest BCUT2D eigenvalue weighted by Gasteiger charge is 2.36. The molecule has 3 heterocycles. The Morgan fingerprint density at radius 3 is 2.56 bits per heavy atom. The van der Waals surface area contributed by atoms with Gasteiger partial charge >= 0.3 is 0 Å². The third-order valence-electron chi connectivity index (χ3n) is 8.10. The molecule has 0 bridgehead atoms. The van der Waals surface area contributed by atoms with Gasteiger partial charge in [-0.15, -0.1) is 11.3 Å². The van der Waals surface area contributed by atoms with Gasteiger partial charge in [0.25, 0.3) is 0 Å². The maximum Gasteiger partial charge on any atom is 0.236 e. The Kier molecular flexibility index (Phi) is 7.07. The van der Waals surface area contributed by atoms with Crippen LogP contribution in [0.2, 0.25) is 0 Å². The number of benzene rings is 1. The van der Waals surface area contributed by atoms with Gasteiger partial charge in [-0.1, -0.05) is 43.5 Å². The van der Waals surface area contributed by atoms with Crippen LogP contribution >= 0.6 is 11.3 Å². The predicted octanol–water partition coefficient (Wildman–Crippen LogP) is 4.64. The maximum atomic E-state index is 13.5. The Morgan fingerprint density at radius 2 is 1.79 bits per heavy atom. The minimum absolute atomic E-state index is 0.0872. The van der Waals surface area contributed by atoms with Gasteiger partial charge < -0.3 is 9.80 Å². The first-order valence-corrected chi connectivity index (χ1v) is 13.8. The van der Waals surface area contributed by atoms with E-state index in [4.69, 9.17) is 0 Å². The zero-order valence-electron chi connectivity index (χ0n) is 20.5. The van der Waals surface area contributed by atoms with Crippen molar-refractivity contribution >= 4 is 23.2 Å². The fourth-order valence-corrected chi connectivity index (χ4v) is 7.07. The SMILES string of the molecule is Cc1ccccc1[C@@H]1c2ccsc2CCN1CC(=O)N1CCN(C(=O)C2CCCCC2)[C@@H](C)C1. The third kappa shape index (κ3) is 4.67. The minimum Gasteiger partial charge on any atom is -0.338 e. The number of aryl methyl sites for hydroxylation is 1. The quantitative estimate of drug-likeness (QED) is 0.642. The monoisotopic (exact) mass is 479 g/mol. The molecule has 2 fully saturated rings. The van der Waals surface area contributed by atoms with Crippen LogP contribution in [0.1, 0.15) is 66.6 Å². The van der Waals surface area contributed by atoms with E-state index in [9.17, 15) is 9.59 Å². The first-order valence-electron chi connectivity index (χ1n) is 13.0. The Morgan fingerprint density at radius 1 is 1.00 bits per heavy atom. The first kappa shape index (κ1) is 23.6. The third-order valence-corrected chi connectivity index (χ3v) is 9.10. The zero-order valence-corrected chi connectivity index (χ0v) is 21.4. The van der Waals surface area contributed by atoms with Gasteiger partial charge in [-0.25, -0.2) is 0 Å². The molecule has 6 heteroatoms. The van der Waals surface area contributed by atoms with Crippen LogP contribution in [0, 0.1) is 12.8 Å². The molecule has 3 aliphatic rings. The molecule has 5 nitrogen and oxygen atoms in total. The first-order chi connectivity index (χ1) is 16.5. The van der Waals surface area contributed by atoms with Crippen molar-refractivity contribution in [3.8, 4) is 0 Å². The van der Waals surface area contributed by atoms with E-state index in [1.807, 2.05) is 16.2 Å². The highest BCUT2D eigenvalue weighted by atomic mass is 32.1. The van der Waals surface area contributed by atoms with Crippen molar-refractivity contribution in [1.82, 2.24) is 14.7 Å². The number of rotatable bonds is 4. The maximum absolute atomic E-state index is 13.5. The summed E-state index contributed by atoms with van der Waals surface area (Å²) < 4.78 is 0. The second-order valence-corrected chi connectivity index (χ2v) is 11.3. The summed E-state index contributed by atoms with van der Waals surface area (Å²) in [6.07, 6.45) is 6.67. The lowest BCUT2D eigenvalue weighted by molar-refractivity contribution is -0.146. The molecule has 0 unspecified atom stereocenters. The van der Waals surface area contributed by atoms with Gasteiger partial charge in [0.1, 0.15) is 0 Å². The lowest BCUT2D eigenvalue weighted by Gasteiger charge is -2.43. The normalized spacial score (nSPS) is 24.2. The summed E-state index contributed by atoms with van der Waals surface area (Å²) >= 11 is 1.83. The van der Waals surface area contributed by atoms with Gasteiger partial charge in [-0.05, 0) is 61.2 Å². The van der Waals surface area contributed by atoms with Gasteiger partial charge in [-0.2, -0.15) is 0 Å². The van der Waals surface area contributed by atoms with Crippen LogP contribution in [0.5, 0.6) is 0 Å². The average molecular weight is 480 g/mol. The number of carbonyl (C=O) groups excluding carboxylic acids is 2. The molecule has 34 heavy (non-hydrogen) atoms. The lowest BCUT2D eigenvalue weighted by Crippen LogP contribution is -2.58. The number of piperazine rings is 1. The van der Waals surface area contributed by atoms with Gasteiger partial charge in [0.15, 0.2) is 0 Å². The highest BCUT2D eigenvalue weighted by Crippen LogP contribution is 2.38. The number of hydrogen-bond acceptors (Lipinski definition) is 4. The molecule has 5 rings (SSSR count). The molecule has 0 radical (unpaired) electrons. The average Bonchev–Trinajstić information content (AvgIpc) is 3.33. The van der Waals surface area contributed by atoms with Crippen LogP contribution < -0.4 is 0 Å². The second kappa shape index (κ2) is 10.2. The van der Waals surface area contributed by atoms with E-state index in [0.717, 1.165) is 25.8 Å². The summed E-state index contributed by atoms with van der Waals surface area (Å²) in [6, 6.07) is 11.0. The largest absolute Gasteiger partial charge is 0.338 e. The van der Waals surface area contributed by atoms with Crippen LogP contribution in [-0.2, 0) is 16.0 Å². The topological polar surface area (TPSA) is 43.9 Å². The molecule has 2 aromatic rings. The summed E-state index contributed by atoms with van der Waals surface area (Å²) in [4.78, 5) is 34.4. The van der Waals surface area contributed by atoms with E-state index in [2.05, 4.69) is 59.4 Å². The Hall–Kier alpha value is -2.18. The summed E-state index contributed by atoms with van der Waals surface area (Å²) in [5.74, 6) is 0.704. The summed E-state index contributed by atoms with van der Waals surface area (Å²) in [7, 11) is 0. The van der Waals surface area contributed by atoms with Crippen LogP contribution in [-0.4, -0.2) is 65.3 Å². The number of carbonyl (C=O) groups is 2. The molecule has 1 aliphatic carbocycles. The van der Waals surface area contributed by atoms with Crippen LogP contribution in [0.15, 0.2) is 35.7 Å². The van der Waals surface area contributed by atoms with E-state index in [1.165, 1.54) is 40.8 Å². The molecule has 1 aromatic heterocycles. The fraction of sp³-hybridized carbons (Fsp3) is 0.571. The standard InChI is InChI=1S/C28H37N3O2S/c1-20-8-6-7-11-23(20)27-24-13-17-34-25(24)12-14-30(27)19-26(32)29-15-16-31(21(2)18-29)28(33)22-9-4-3-5-10-22/h6-8,11,13,17,21-22,27H,3-5,9-10,12,14-16,18-19H2,1-2H3/t21-,27+/m0/s1. The molecule has 1 aromatic carbocycles. The van der Waals surface area contributed by atoms with Gasteiger partial charge in [0, 0.05) is 43.0 Å². The van der Waals surface area contributed by atoms with E-state index in [-0.39, 0.29) is 23.9 Å². The summed E-state index contributed by atoms with van der Waals surface area (Å²) in [5.41, 5.74) is 3.92. The van der Waals surface area contributed by atoms with Crippen molar-refractivity contribution in [3.05, 3.63) is 57.3 Å². The molecule has 1 saturated heterocycles. The predicted molar refractivity (Wildman–Crippen MR) is 137 cm³/mol. The van der Waals surface area contributed by atoms with Crippen molar-refractivity contribution in [1.29, 1.82) is 0 Å². The van der Waals surface area contributed by atoms with Crippen LogP contribution in [0.25, 0.3) is 0 Å². The van der Waals surface area contributed by atoms with E-state index in [0.29, 0.717) is 32.1 Å². The van der Waals surface area contributed by atoms with Crippen LogP contribution in [0.3, 0.4) is 0 Å². The molecule has 0 N–H and O–H groups in total. The summed E-state index contributed by atoms with van der Waals surface area (Å²) in [5, 5.41) is 2.19. The molecule has 2 amide bonds. The second-order valence-electron chi connectivity index (χ2n) is 10.3. The minimum atomic E-state index is 0.0872. The van der Waals surface area contributed by atoms with Gasteiger partial charge in [0.05, 0.1) is 12.6 Å². The number of thiophene rings is 1. The molecule has 1 saturated carbocycles.